The van der Waals surface area contributed by atoms with Gasteiger partial charge in [-0.1, -0.05) is 42.5 Å². The number of carbonyl (C=O) groups is 2. The van der Waals surface area contributed by atoms with Crippen LogP contribution in [0.2, 0.25) is 0 Å². The van der Waals surface area contributed by atoms with Gasteiger partial charge in [0.25, 0.3) is 5.91 Å². The average molecular weight is 325 g/mol. The molecule has 6 heteroatoms. The van der Waals surface area contributed by atoms with Gasteiger partial charge in [0, 0.05) is 0 Å². The number of nitrogens with one attached hydrogen (secondary N) is 1. The Bertz CT molecular complexity index is 754. The zero-order valence-corrected chi connectivity index (χ0v) is 13.4. The molecule has 6 nitrogen and oxygen atoms in total. The molecule has 0 aromatic heterocycles. The second kappa shape index (κ2) is 7.92. The van der Waals surface area contributed by atoms with Crippen LogP contribution in [0.25, 0.3) is 0 Å². The number of aryl methyl sites for hydroxylation is 1. The van der Waals surface area contributed by atoms with E-state index in [4.69, 9.17) is 4.74 Å². The number of carboxylic acids is 1. The van der Waals surface area contributed by atoms with Crippen LogP contribution in [-0.2, 0) is 4.79 Å². The second-order valence-electron chi connectivity index (χ2n) is 5.17. The number of hydrogen-bond donors (Lipinski definition) is 1. The fourth-order valence-electron chi connectivity index (χ4n) is 1.90. The van der Waals surface area contributed by atoms with Crippen LogP contribution in [0.15, 0.2) is 53.6 Å². The Morgan fingerprint density at radius 2 is 1.83 bits per heavy atom. The lowest BCUT2D eigenvalue weighted by Gasteiger charge is -2.14. The van der Waals surface area contributed by atoms with Crippen molar-refractivity contribution in [3.05, 3.63) is 65.2 Å². The molecule has 1 N–H and O–H groups in total. The third-order valence-electron chi connectivity index (χ3n) is 3.30. The molecule has 0 saturated heterocycles. The summed E-state index contributed by atoms with van der Waals surface area (Å²) in [7, 11) is 0. The van der Waals surface area contributed by atoms with Gasteiger partial charge in [0.1, 0.15) is 5.75 Å². The van der Waals surface area contributed by atoms with Crippen molar-refractivity contribution in [3.63, 3.8) is 0 Å². The van der Waals surface area contributed by atoms with Gasteiger partial charge < -0.3 is 14.6 Å². The van der Waals surface area contributed by atoms with Crippen LogP contribution in [0.3, 0.4) is 0 Å². The summed E-state index contributed by atoms with van der Waals surface area (Å²) in [4.78, 5) is 22.6. The number of hydrogen-bond acceptors (Lipinski definition) is 5. The maximum atomic E-state index is 12.0. The average Bonchev–Trinajstić information content (AvgIpc) is 2.57. The van der Waals surface area contributed by atoms with Crippen LogP contribution in [0, 0.1) is 6.92 Å². The van der Waals surface area contributed by atoms with Crippen molar-refractivity contribution < 1.29 is 19.4 Å². The van der Waals surface area contributed by atoms with Gasteiger partial charge in [0.2, 0.25) is 0 Å². The third-order valence-corrected chi connectivity index (χ3v) is 3.30. The summed E-state index contributed by atoms with van der Waals surface area (Å²) in [5.74, 6) is -0.989. The van der Waals surface area contributed by atoms with Crippen molar-refractivity contribution in [2.75, 3.05) is 0 Å². The minimum atomic E-state index is -1.24. The highest BCUT2D eigenvalue weighted by atomic mass is 16.5. The van der Waals surface area contributed by atoms with E-state index in [1.807, 2.05) is 25.1 Å². The molecule has 2 aromatic carbocycles. The number of rotatable bonds is 6. The van der Waals surface area contributed by atoms with E-state index in [-0.39, 0.29) is 11.5 Å². The highest BCUT2D eigenvalue weighted by molar-refractivity contribution is 5.88. The molecule has 0 spiro atoms. The van der Waals surface area contributed by atoms with Crippen LogP contribution < -0.4 is 15.3 Å². The minimum Gasteiger partial charge on any atom is -0.545 e. The van der Waals surface area contributed by atoms with Crippen LogP contribution in [-0.4, -0.2) is 24.2 Å². The van der Waals surface area contributed by atoms with E-state index in [0.29, 0.717) is 11.3 Å². The summed E-state index contributed by atoms with van der Waals surface area (Å²) in [6.45, 7) is 3.53. The Kier molecular flexibility index (Phi) is 5.68. The predicted octanol–water partition coefficient (Wildman–Crippen LogP) is 1.28. The minimum absolute atomic E-state index is 0.0800. The zero-order valence-electron chi connectivity index (χ0n) is 13.4. The Hall–Kier alpha value is -3.15. The summed E-state index contributed by atoms with van der Waals surface area (Å²) in [6.07, 6.45) is 0.709. The first kappa shape index (κ1) is 17.2. The highest BCUT2D eigenvalue weighted by Crippen LogP contribution is 2.17. The lowest BCUT2D eigenvalue weighted by molar-refractivity contribution is -0.255. The van der Waals surface area contributed by atoms with Crippen molar-refractivity contribution in [1.82, 2.24) is 5.43 Å². The molecular weight excluding hydrogens is 308 g/mol. The normalized spacial score (nSPS) is 11.9. The van der Waals surface area contributed by atoms with Gasteiger partial charge >= 0.3 is 0 Å². The number of para-hydroxylation sites is 1. The lowest BCUT2D eigenvalue weighted by Crippen LogP contribution is -2.33. The quantitative estimate of drug-likeness (QED) is 0.640. The molecule has 1 atom stereocenters. The molecule has 0 unspecified atom stereocenters. The lowest BCUT2D eigenvalue weighted by atomic mass is 10.1. The molecular formula is C18H17N2O4-. The molecule has 0 radical (unpaired) electrons. The Morgan fingerprint density at radius 1 is 1.17 bits per heavy atom. The van der Waals surface area contributed by atoms with Gasteiger partial charge in [-0.2, -0.15) is 5.10 Å². The van der Waals surface area contributed by atoms with E-state index in [0.717, 1.165) is 5.56 Å². The fraction of sp³-hybridized carbons (Fsp3) is 0.167. The summed E-state index contributed by atoms with van der Waals surface area (Å²) in [6, 6.07) is 13.4. The maximum Gasteiger partial charge on any atom is 0.280 e. The first-order chi connectivity index (χ1) is 11.5. The van der Waals surface area contributed by atoms with Gasteiger partial charge in [-0.3, -0.25) is 4.79 Å². The fourth-order valence-corrected chi connectivity index (χ4v) is 1.90. The van der Waals surface area contributed by atoms with Gasteiger partial charge in [-0.25, -0.2) is 5.43 Å². The molecule has 0 fully saturated rings. The summed E-state index contributed by atoms with van der Waals surface area (Å²) >= 11 is 0. The number of carbonyl (C=O) groups excluding carboxylic acids is 2. The maximum absolute atomic E-state index is 12.0. The van der Waals surface area contributed by atoms with Crippen LogP contribution >= 0.6 is 0 Å². The SMILES string of the molecule is Cc1ccccc1O[C@H](C)C(=O)NN=Cc1ccc(C(=O)[O-])cc1. The van der Waals surface area contributed by atoms with Crippen molar-refractivity contribution >= 4 is 18.1 Å². The Balaban J connectivity index is 1.89. The van der Waals surface area contributed by atoms with Crippen molar-refractivity contribution in [2.45, 2.75) is 20.0 Å². The van der Waals surface area contributed by atoms with Crippen LogP contribution in [0.4, 0.5) is 0 Å². The van der Waals surface area contributed by atoms with Crippen LogP contribution in [0.5, 0.6) is 5.75 Å². The molecule has 0 aliphatic rings. The first-order valence-electron chi connectivity index (χ1n) is 7.34. The molecule has 0 aliphatic carbocycles. The van der Waals surface area contributed by atoms with Gasteiger partial charge in [-0.05, 0) is 36.6 Å². The second-order valence-corrected chi connectivity index (χ2v) is 5.17. The number of aromatic carboxylic acids is 1. The summed E-state index contributed by atoms with van der Waals surface area (Å²) in [5.41, 5.74) is 4.05. The molecule has 0 heterocycles. The molecule has 2 rings (SSSR count). The Morgan fingerprint density at radius 3 is 2.46 bits per heavy atom. The molecule has 0 saturated carbocycles. The number of nitrogens with zero attached hydrogens (tertiary/aromatic N) is 1. The van der Waals surface area contributed by atoms with E-state index in [1.54, 1.807) is 25.1 Å². The third kappa shape index (κ3) is 4.67. The number of amides is 1. The summed E-state index contributed by atoms with van der Waals surface area (Å²) < 4.78 is 5.59. The van der Waals surface area contributed by atoms with E-state index < -0.39 is 12.1 Å². The van der Waals surface area contributed by atoms with Gasteiger partial charge in [-0.15, -0.1) is 0 Å². The first-order valence-corrected chi connectivity index (χ1v) is 7.34. The smallest absolute Gasteiger partial charge is 0.280 e. The van der Waals surface area contributed by atoms with E-state index in [9.17, 15) is 14.7 Å². The molecule has 24 heavy (non-hydrogen) atoms. The van der Waals surface area contributed by atoms with E-state index in [1.165, 1.54) is 18.3 Å². The molecule has 0 bridgehead atoms. The molecule has 1 amide bonds. The van der Waals surface area contributed by atoms with Gasteiger partial charge in [0.05, 0.1) is 12.2 Å². The van der Waals surface area contributed by atoms with E-state index >= 15 is 0 Å². The zero-order chi connectivity index (χ0) is 17.5. The van der Waals surface area contributed by atoms with Crippen molar-refractivity contribution in [3.8, 4) is 5.75 Å². The predicted molar refractivity (Wildman–Crippen MR) is 87.8 cm³/mol. The molecule has 0 aliphatic heterocycles. The number of ether oxygens (including phenoxy) is 1. The summed E-state index contributed by atoms with van der Waals surface area (Å²) in [5, 5.41) is 14.5. The number of benzene rings is 2. The largest absolute Gasteiger partial charge is 0.545 e. The number of carboxylic acid groups (broad SMARTS) is 1. The van der Waals surface area contributed by atoms with Crippen molar-refractivity contribution in [2.24, 2.45) is 5.10 Å². The molecule has 124 valence electrons. The van der Waals surface area contributed by atoms with Gasteiger partial charge in [0.15, 0.2) is 6.10 Å². The standard InChI is InChI=1S/C18H18N2O4/c1-12-5-3-4-6-16(12)24-13(2)17(21)20-19-11-14-7-9-15(10-8-14)18(22)23/h3-11,13H,1-2H3,(H,20,21)(H,22,23)/p-1/t13-/m1/s1. The monoisotopic (exact) mass is 325 g/mol. The van der Waals surface area contributed by atoms with Crippen LogP contribution in [0.1, 0.15) is 28.4 Å². The Labute approximate surface area is 139 Å². The van der Waals surface area contributed by atoms with E-state index in [2.05, 4.69) is 10.5 Å². The molecule has 2 aromatic rings. The topological polar surface area (TPSA) is 90.8 Å². The van der Waals surface area contributed by atoms with Crippen molar-refractivity contribution in [1.29, 1.82) is 0 Å². The number of hydrazone groups is 1. The highest BCUT2D eigenvalue weighted by Gasteiger charge is 2.14.